The number of ether oxygens (including phenoxy) is 3. The molecule has 3 N–H and O–H groups in total. The zero-order valence-corrected chi connectivity index (χ0v) is 14.5. The normalized spacial score (nSPS) is 11.1. The molecule has 0 aromatic carbocycles. The molecule has 0 saturated carbocycles. The van der Waals surface area contributed by atoms with Gasteiger partial charge < -0.3 is 29.5 Å². The van der Waals surface area contributed by atoms with E-state index in [2.05, 4.69) is 14.2 Å². The number of carboxylic acids is 2. The number of carbonyl (C=O) groups is 6. The molecule has 0 fully saturated rings. The van der Waals surface area contributed by atoms with E-state index in [0.717, 1.165) is 31.4 Å². The number of carbonyl (C=O) groups excluding carboxylic acids is 4. The van der Waals surface area contributed by atoms with Gasteiger partial charge in [-0.25, -0.2) is 28.8 Å². The minimum atomic E-state index is -1.17. The van der Waals surface area contributed by atoms with Crippen molar-refractivity contribution in [2.75, 3.05) is 21.3 Å². The largest absolute Gasteiger partial charge is 0.478 e. The van der Waals surface area contributed by atoms with Crippen molar-refractivity contribution in [2.24, 2.45) is 0 Å². The first-order valence-corrected chi connectivity index (χ1v) is 6.48. The Hall–Kier alpha value is -3.80. The Kier molecular flexibility index (Phi) is 19.2. The van der Waals surface area contributed by atoms with Gasteiger partial charge in [0.2, 0.25) is 0 Å². The van der Waals surface area contributed by atoms with Crippen molar-refractivity contribution in [3.8, 4) is 0 Å². The summed E-state index contributed by atoms with van der Waals surface area (Å²) in [6.45, 7) is 0. The monoisotopic (exact) mass is 390 g/mol. The number of carboxylic acid groups (broad SMARTS) is 2. The zero-order chi connectivity index (χ0) is 21.8. The summed E-state index contributed by atoms with van der Waals surface area (Å²) in [7, 11) is 3.35. The van der Waals surface area contributed by atoms with Gasteiger partial charge in [-0.1, -0.05) is 0 Å². The lowest BCUT2D eigenvalue weighted by molar-refractivity contribution is -0.150. The summed E-state index contributed by atoms with van der Waals surface area (Å²) in [4.78, 5) is 59.6. The molecule has 1 aliphatic rings. The van der Waals surface area contributed by atoms with Crippen molar-refractivity contribution in [1.82, 2.24) is 0 Å². The van der Waals surface area contributed by atoms with Gasteiger partial charge in [0, 0.05) is 43.6 Å². The number of esters is 4. The number of cyclic esters (lactones) is 2. The van der Waals surface area contributed by atoms with Crippen LogP contribution in [0.1, 0.15) is 0 Å². The predicted octanol–water partition coefficient (Wildman–Crippen LogP) is -1.17. The minimum absolute atomic E-state index is 0.579. The van der Waals surface area contributed by atoms with Crippen molar-refractivity contribution in [3.63, 3.8) is 0 Å². The highest BCUT2D eigenvalue weighted by Crippen LogP contribution is 1.92. The van der Waals surface area contributed by atoms with Crippen LogP contribution in [-0.2, 0) is 43.0 Å². The molecule has 1 heterocycles. The second-order valence-corrected chi connectivity index (χ2v) is 3.46. The van der Waals surface area contributed by atoms with Crippen LogP contribution >= 0.6 is 0 Å². The van der Waals surface area contributed by atoms with Crippen LogP contribution in [0.25, 0.3) is 0 Å². The van der Waals surface area contributed by atoms with Crippen LogP contribution in [0.4, 0.5) is 0 Å². The third kappa shape index (κ3) is 24.6. The summed E-state index contributed by atoms with van der Waals surface area (Å²) >= 11 is 0. The second kappa shape index (κ2) is 18.5. The van der Waals surface area contributed by atoms with E-state index in [1.54, 1.807) is 0 Å². The Labute approximate surface area is 152 Å². The van der Waals surface area contributed by atoms with Gasteiger partial charge in [0.05, 0.1) is 14.2 Å². The number of hydrogen-bond acceptors (Lipinski definition) is 10. The van der Waals surface area contributed by atoms with Gasteiger partial charge in [-0.05, 0) is 0 Å². The van der Waals surface area contributed by atoms with Crippen molar-refractivity contribution in [3.05, 3.63) is 36.5 Å². The van der Waals surface area contributed by atoms with Crippen LogP contribution in [0.5, 0.6) is 0 Å². The van der Waals surface area contributed by atoms with E-state index < -0.39 is 35.8 Å². The van der Waals surface area contributed by atoms with Gasteiger partial charge in [-0.3, -0.25) is 0 Å². The maximum absolute atomic E-state index is 10.1. The van der Waals surface area contributed by atoms with Crippen molar-refractivity contribution >= 4 is 35.8 Å². The molecule has 12 heteroatoms. The molecule has 1 aliphatic heterocycles. The lowest BCUT2D eigenvalue weighted by Crippen LogP contribution is -1.96. The van der Waals surface area contributed by atoms with E-state index in [9.17, 15) is 28.8 Å². The Morgan fingerprint density at radius 1 is 0.778 bits per heavy atom. The molecular weight excluding hydrogens is 372 g/mol. The molecule has 0 aliphatic carbocycles. The molecule has 0 spiro atoms. The van der Waals surface area contributed by atoms with Crippen molar-refractivity contribution in [1.29, 1.82) is 0 Å². The third-order valence-corrected chi connectivity index (χ3v) is 1.68. The van der Waals surface area contributed by atoms with Crippen LogP contribution < -0.4 is 0 Å². The number of aliphatic carboxylic acids is 2. The van der Waals surface area contributed by atoms with E-state index in [0.29, 0.717) is 12.2 Å². The van der Waals surface area contributed by atoms with E-state index in [-0.39, 0.29) is 0 Å². The van der Waals surface area contributed by atoms with Gasteiger partial charge in [0.25, 0.3) is 0 Å². The van der Waals surface area contributed by atoms with Crippen LogP contribution in [0.2, 0.25) is 0 Å². The Balaban J connectivity index is -0.000000307. The van der Waals surface area contributed by atoms with Gasteiger partial charge in [-0.2, -0.15) is 0 Å². The van der Waals surface area contributed by atoms with Crippen LogP contribution in [0.3, 0.4) is 0 Å². The predicted molar refractivity (Wildman–Crippen MR) is 86.0 cm³/mol. The van der Waals surface area contributed by atoms with Gasteiger partial charge in [-0.15, -0.1) is 0 Å². The maximum atomic E-state index is 10.1. The first-order chi connectivity index (χ1) is 12.6. The average molecular weight is 390 g/mol. The zero-order valence-electron chi connectivity index (χ0n) is 14.5. The van der Waals surface area contributed by atoms with Crippen molar-refractivity contribution in [2.45, 2.75) is 0 Å². The lowest BCUT2D eigenvalue weighted by Gasteiger charge is -1.85. The van der Waals surface area contributed by atoms with E-state index in [1.807, 2.05) is 0 Å². The topological polar surface area (TPSA) is 191 Å². The molecule has 12 nitrogen and oxygen atoms in total. The molecule has 0 bridgehead atoms. The lowest BCUT2D eigenvalue weighted by atomic mass is 10.5. The minimum Gasteiger partial charge on any atom is -0.478 e. The fraction of sp³-hybridized carbons (Fsp3) is 0.200. The fourth-order valence-electron chi connectivity index (χ4n) is 0.718. The van der Waals surface area contributed by atoms with Crippen LogP contribution in [-0.4, -0.2) is 72.5 Å². The standard InChI is InChI=1S/2C5H6O4.C4H2O3.CH4O/c2*1-9-5(8)3-2-4(6)7;5-3-1-2-4(6)7-3;1-2/h2*2-3H,1H3,(H,6,7);1-2H;2H,1H3/b3-2+;3-2-;;. The van der Waals surface area contributed by atoms with E-state index in [4.69, 9.17) is 15.3 Å². The summed E-state index contributed by atoms with van der Waals surface area (Å²) in [5.74, 6) is -4.83. The molecule has 0 unspecified atom stereocenters. The maximum Gasteiger partial charge on any atom is 0.338 e. The summed E-state index contributed by atoms with van der Waals surface area (Å²) in [6, 6.07) is 0. The Bertz CT molecular complexity index is 560. The van der Waals surface area contributed by atoms with E-state index in [1.165, 1.54) is 14.2 Å². The summed E-state index contributed by atoms with van der Waals surface area (Å²) in [6.07, 6.45) is 5.27. The molecule has 27 heavy (non-hydrogen) atoms. The van der Waals surface area contributed by atoms with Gasteiger partial charge >= 0.3 is 35.8 Å². The highest BCUT2D eigenvalue weighted by molar-refractivity contribution is 6.04. The highest BCUT2D eigenvalue weighted by Gasteiger charge is 2.10. The molecule has 0 aromatic rings. The molecular formula is C15H18O12. The van der Waals surface area contributed by atoms with Crippen molar-refractivity contribution < 1.29 is 58.3 Å². The van der Waals surface area contributed by atoms with Crippen LogP contribution in [0, 0.1) is 0 Å². The molecule has 0 radical (unpaired) electrons. The molecule has 0 saturated heterocycles. The average Bonchev–Trinajstić information content (AvgIpc) is 3.02. The Morgan fingerprint density at radius 3 is 1.22 bits per heavy atom. The number of aliphatic hydroxyl groups excluding tert-OH is 1. The summed E-state index contributed by atoms with van der Waals surface area (Å²) < 4.78 is 12.2. The molecule has 0 atom stereocenters. The first kappa shape index (κ1) is 28.0. The number of aliphatic hydroxyl groups is 1. The third-order valence-electron chi connectivity index (χ3n) is 1.68. The number of rotatable bonds is 4. The summed E-state index contributed by atoms with van der Waals surface area (Å²) in [5, 5.41) is 22.9. The summed E-state index contributed by atoms with van der Waals surface area (Å²) in [5.41, 5.74) is 0. The SMILES string of the molecule is CO.COC(=O)/C=C/C(=O)O.COC(=O)/C=C\C(=O)O.O=C1C=CC(=O)O1. The highest BCUT2D eigenvalue weighted by atomic mass is 16.6. The second-order valence-electron chi connectivity index (χ2n) is 3.46. The van der Waals surface area contributed by atoms with Crippen LogP contribution in [0.15, 0.2) is 36.5 Å². The van der Waals surface area contributed by atoms with E-state index >= 15 is 0 Å². The quantitative estimate of drug-likeness (QED) is 0.226. The first-order valence-electron chi connectivity index (χ1n) is 6.48. The smallest absolute Gasteiger partial charge is 0.338 e. The number of hydrogen-bond donors (Lipinski definition) is 3. The number of methoxy groups -OCH3 is 2. The molecule has 1 rings (SSSR count). The molecule has 150 valence electrons. The van der Waals surface area contributed by atoms with Gasteiger partial charge in [0.15, 0.2) is 0 Å². The molecule has 0 aromatic heterocycles. The Morgan fingerprint density at radius 2 is 1.07 bits per heavy atom. The van der Waals surface area contributed by atoms with Gasteiger partial charge in [0.1, 0.15) is 0 Å². The molecule has 0 amide bonds. The fourth-order valence-corrected chi connectivity index (χ4v) is 0.718.